The maximum atomic E-state index is 14.0. The fourth-order valence-electron chi connectivity index (χ4n) is 5.91. The van der Waals surface area contributed by atoms with Gasteiger partial charge in [0.25, 0.3) is 11.8 Å². The van der Waals surface area contributed by atoms with Crippen molar-refractivity contribution in [3.8, 4) is 0 Å². The van der Waals surface area contributed by atoms with Crippen LogP contribution in [0.3, 0.4) is 0 Å². The van der Waals surface area contributed by atoms with Gasteiger partial charge in [-0.25, -0.2) is 4.98 Å². The third-order valence-corrected chi connectivity index (χ3v) is 8.30. The fraction of sp³-hybridized carbons (Fsp3) is 0.517. The second kappa shape index (κ2) is 10.7. The summed E-state index contributed by atoms with van der Waals surface area (Å²) in [5.74, 6) is -0.824. The van der Waals surface area contributed by atoms with Gasteiger partial charge in [0.1, 0.15) is 5.82 Å². The van der Waals surface area contributed by atoms with Crippen LogP contribution in [0.4, 0.5) is 24.7 Å². The molecule has 1 saturated carbocycles. The van der Waals surface area contributed by atoms with Crippen LogP contribution in [-0.4, -0.2) is 46.7 Å². The van der Waals surface area contributed by atoms with Crippen LogP contribution in [0.2, 0.25) is 0 Å². The van der Waals surface area contributed by atoms with Gasteiger partial charge in [0.05, 0.1) is 16.7 Å². The second-order valence-electron chi connectivity index (χ2n) is 11.2. The number of hydrogen-bond donors (Lipinski definition) is 3. The highest BCUT2D eigenvalue weighted by molar-refractivity contribution is 6.03. The summed E-state index contributed by atoms with van der Waals surface area (Å²) < 4.78 is 42.0. The molecule has 1 aliphatic carbocycles. The van der Waals surface area contributed by atoms with E-state index in [0.717, 1.165) is 37.6 Å². The number of halogens is 3. The van der Waals surface area contributed by atoms with Gasteiger partial charge in [-0.1, -0.05) is 6.92 Å². The van der Waals surface area contributed by atoms with Crippen LogP contribution in [0.1, 0.15) is 95.4 Å². The van der Waals surface area contributed by atoms with E-state index in [1.165, 1.54) is 0 Å². The van der Waals surface area contributed by atoms with Crippen molar-refractivity contribution in [1.82, 2.24) is 10.3 Å². The normalized spacial score (nSPS) is 23.0. The Hall–Kier alpha value is -3.63. The summed E-state index contributed by atoms with van der Waals surface area (Å²) in [5, 5.41) is 5.84. The van der Waals surface area contributed by atoms with Crippen molar-refractivity contribution in [2.45, 2.75) is 89.1 Å². The van der Waals surface area contributed by atoms with Gasteiger partial charge in [0.15, 0.2) is 5.78 Å². The first-order valence-electron chi connectivity index (χ1n) is 13.9. The van der Waals surface area contributed by atoms with Gasteiger partial charge < -0.3 is 21.3 Å². The van der Waals surface area contributed by atoms with E-state index in [1.807, 2.05) is 26.0 Å². The third-order valence-electron chi connectivity index (χ3n) is 8.30. The van der Waals surface area contributed by atoms with Crippen molar-refractivity contribution in [2.75, 3.05) is 10.2 Å². The highest BCUT2D eigenvalue weighted by atomic mass is 19.4. The van der Waals surface area contributed by atoms with Crippen molar-refractivity contribution in [3.05, 3.63) is 52.7 Å². The Balaban J connectivity index is 1.34. The van der Waals surface area contributed by atoms with Crippen molar-refractivity contribution < 1.29 is 27.6 Å². The molecule has 3 fully saturated rings. The standard InChI is InChI=1S/C29H34F3N5O3/c1-3-15(2)35-24-13-21(23(29(30,31)32)12-22(24)27(33)39)28(40)36-18-10-19-7-8-20(11-18)37(19)25-9-6-17(14-34-25)26(38)16-4-5-16/h6,9,12-16,18-20,35H,3-5,7-8,10-11H2,1-2H3,(H2,33,39)(H,36,40)/t15-,18?,19-,20+/m1/s1. The van der Waals surface area contributed by atoms with E-state index in [0.29, 0.717) is 30.9 Å². The molecule has 5 rings (SSSR count). The number of carbonyl (C=O) groups excluding carboxylic acids is 3. The minimum atomic E-state index is -4.85. The van der Waals surface area contributed by atoms with Crippen molar-refractivity contribution in [1.29, 1.82) is 0 Å². The number of aromatic nitrogens is 1. The van der Waals surface area contributed by atoms with Crippen LogP contribution in [0.25, 0.3) is 0 Å². The van der Waals surface area contributed by atoms with Crippen LogP contribution in [0, 0.1) is 5.92 Å². The number of benzene rings is 1. The summed E-state index contributed by atoms with van der Waals surface area (Å²) in [4.78, 5) is 44.4. The minimum absolute atomic E-state index is 0.0727. The Morgan fingerprint density at radius 3 is 2.27 bits per heavy atom. The van der Waals surface area contributed by atoms with E-state index in [1.54, 1.807) is 6.20 Å². The Morgan fingerprint density at radius 2 is 1.75 bits per heavy atom. The van der Waals surface area contributed by atoms with Crippen molar-refractivity contribution in [2.24, 2.45) is 11.7 Å². The molecule has 2 aliphatic heterocycles. The van der Waals surface area contributed by atoms with E-state index >= 15 is 0 Å². The Morgan fingerprint density at radius 1 is 1.07 bits per heavy atom. The van der Waals surface area contributed by atoms with Gasteiger partial charge >= 0.3 is 6.18 Å². The number of nitrogens with two attached hydrogens (primary N) is 1. The van der Waals surface area contributed by atoms with Gasteiger partial charge in [0.2, 0.25) is 0 Å². The lowest BCUT2D eigenvalue weighted by molar-refractivity contribution is -0.137. The number of primary amides is 1. The number of fused-ring (bicyclic) bond motifs is 2. The number of pyridine rings is 1. The number of carbonyl (C=O) groups is 3. The molecule has 3 heterocycles. The SMILES string of the molecule is CC[C@@H](C)Nc1cc(C(=O)NC2C[C@H]3CC[C@@H](C2)N3c2ccc(C(=O)C3CC3)cn2)c(C(F)(F)F)cc1C(N)=O. The Labute approximate surface area is 230 Å². The number of hydrogen-bond acceptors (Lipinski definition) is 6. The quantitative estimate of drug-likeness (QED) is 0.377. The lowest BCUT2D eigenvalue weighted by atomic mass is 9.95. The monoisotopic (exact) mass is 557 g/mol. The maximum absolute atomic E-state index is 14.0. The molecule has 2 bridgehead atoms. The van der Waals surface area contributed by atoms with Crippen molar-refractivity contribution in [3.63, 3.8) is 0 Å². The molecule has 3 aliphatic rings. The maximum Gasteiger partial charge on any atom is 0.417 e. The van der Waals surface area contributed by atoms with E-state index in [-0.39, 0.29) is 47.1 Å². The highest BCUT2D eigenvalue weighted by Crippen LogP contribution is 2.40. The number of alkyl halides is 3. The topological polar surface area (TPSA) is 117 Å². The van der Waals surface area contributed by atoms with Crippen molar-refractivity contribution >= 4 is 29.1 Å². The molecule has 2 saturated heterocycles. The fourth-order valence-corrected chi connectivity index (χ4v) is 5.91. The first-order chi connectivity index (χ1) is 19.0. The van der Waals surface area contributed by atoms with Gasteiger partial charge in [-0.2, -0.15) is 13.2 Å². The molecule has 8 nitrogen and oxygen atoms in total. The summed E-state index contributed by atoms with van der Waals surface area (Å²) in [7, 11) is 0. The van der Waals surface area contributed by atoms with Gasteiger partial charge in [-0.15, -0.1) is 0 Å². The summed E-state index contributed by atoms with van der Waals surface area (Å²) in [6.07, 6.45) is 2.17. The summed E-state index contributed by atoms with van der Waals surface area (Å²) in [5.41, 5.74) is 4.05. The molecule has 4 atom stereocenters. The molecule has 4 N–H and O–H groups in total. The molecule has 0 radical (unpaired) electrons. The van der Waals surface area contributed by atoms with Crippen LogP contribution in [-0.2, 0) is 6.18 Å². The largest absolute Gasteiger partial charge is 0.417 e. The number of nitrogens with one attached hydrogen (secondary N) is 2. The average molecular weight is 558 g/mol. The molecule has 40 heavy (non-hydrogen) atoms. The van der Waals surface area contributed by atoms with E-state index < -0.39 is 29.1 Å². The number of nitrogens with zero attached hydrogens (tertiary/aromatic N) is 2. The molecular weight excluding hydrogens is 523 g/mol. The number of rotatable bonds is 9. The first kappa shape index (κ1) is 27.9. The lowest BCUT2D eigenvalue weighted by Crippen LogP contribution is -2.51. The predicted molar refractivity (Wildman–Crippen MR) is 144 cm³/mol. The van der Waals surface area contributed by atoms with E-state index in [9.17, 15) is 27.6 Å². The summed E-state index contributed by atoms with van der Waals surface area (Å²) in [6.45, 7) is 3.71. The van der Waals surface area contributed by atoms with Gasteiger partial charge in [-0.05, 0) is 76.1 Å². The number of Topliss-reactive ketones (excluding diaryl/α,β-unsaturated/α-hetero) is 1. The van der Waals surface area contributed by atoms with Crippen LogP contribution >= 0.6 is 0 Å². The zero-order valence-electron chi connectivity index (χ0n) is 22.6. The molecule has 0 spiro atoms. The van der Waals surface area contributed by atoms with Crippen LogP contribution in [0.5, 0.6) is 0 Å². The molecule has 2 aromatic rings. The minimum Gasteiger partial charge on any atom is -0.382 e. The second-order valence-corrected chi connectivity index (χ2v) is 11.2. The average Bonchev–Trinajstić information content (AvgIpc) is 3.72. The number of piperidine rings is 1. The van der Waals surface area contributed by atoms with Crippen LogP contribution in [0.15, 0.2) is 30.5 Å². The molecule has 1 aromatic heterocycles. The number of anilines is 2. The zero-order valence-corrected chi connectivity index (χ0v) is 22.6. The third kappa shape index (κ3) is 5.64. The van der Waals surface area contributed by atoms with Crippen LogP contribution < -0.4 is 21.3 Å². The zero-order chi connectivity index (χ0) is 28.8. The summed E-state index contributed by atoms with van der Waals surface area (Å²) >= 11 is 0. The number of ketones is 1. The molecule has 1 aromatic carbocycles. The highest BCUT2D eigenvalue weighted by Gasteiger charge is 2.43. The van der Waals surface area contributed by atoms with E-state index in [4.69, 9.17) is 5.73 Å². The summed E-state index contributed by atoms with van der Waals surface area (Å²) in [6, 6.07) is 5.10. The molecular formula is C29H34F3N5O3. The smallest absolute Gasteiger partial charge is 0.382 e. The van der Waals surface area contributed by atoms with Gasteiger partial charge in [-0.3, -0.25) is 14.4 Å². The molecule has 2 amide bonds. The molecule has 11 heteroatoms. The molecule has 214 valence electrons. The first-order valence-corrected chi connectivity index (χ1v) is 13.9. The van der Waals surface area contributed by atoms with Gasteiger partial charge in [0, 0.05) is 47.5 Å². The molecule has 1 unspecified atom stereocenters. The predicted octanol–water partition coefficient (Wildman–Crippen LogP) is 4.93. The Kier molecular flexibility index (Phi) is 7.50. The number of amides is 2. The Bertz CT molecular complexity index is 1300. The lowest BCUT2D eigenvalue weighted by Gasteiger charge is -2.40. The van der Waals surface area contributed by atoms with E-state index in [2.05, 4.69) is 20.5 Å².